The maximum atomic E-state index is 12.5. The van der Waals surface area contributed by atoms with E-state index in [9.17, 15) is 20.0 Å². The highest BCUT2D eigenvalue weighted by molar-refractivity contribution is 6.03. The Labute approximate surface area is 171 Å². The highest BCUT2D eigenvalue weighted by atomic mass is 16.5. The highest BCUT2D eigenvalue weighted by Crippen LogP contribution is 2.33. The molecule has 0 bridgehead atoms. The molecule has 1 amide bonds. The lowest BCUT2D eigenvalue weighted by Gasteiger charge is -2.19. The standard InChI is InChI=1S/C21H18N4O5/c1-21(2,20(28)29)11-24-19(27)17-18(26)14-6-5-12(8-15(14)16(9-22)25-17)30-13-4-3-7-23-10-13/h3-8,10,26H,11H2,1-2H3,(H,24,27)(H,28,29). The van der Waals surface area contributed by atoms with E-state index < -0.39 is 23.0 Å². The highest BCUT2D eigenvalue weighted by Gasteiger charge is 2.29. The number of nitrogens with one attached hydrogen (secondary N) is 1. The number of amides is 1. The first-order valence-electron chi connectivity index (χ1n) is 8.89. The van der Waals surface area contributed by atoms with Gasteiger partial charge in [-0.15, -0.1) is 0 Å². The minimum absolute atomic E-state index is 0.0814. The quantitative estimate of drug-likeness (QED) is 0.566. The summed E-state index contributed by atoms with van der Waals surface area (Å²) in [5.74, 6) is -1.39. The van der Waals surface area contributed by atoms with Crippen molar-refractivity contribution >= 4 is 22.6 Å². The number of pyridine rings is 2. The van der Waals surface area contributed by atoms with Crippen LogP contribution in [0.3, 0.4) is 0 Å². The zero-order chi connectivity index (χ0) is 21.9. The summed E-state index contributed by atoms with van der Waals surface area (Å²) in [5, 5.41) is 32.2. The van der Waals surface area contributed by atoms with Gasteiger partial charge in [-0.1, -0.05) is 0 Å². The Kier molecular flexibility index (Phi) is 5.51. The topological polar surface area (TPSA) is 145 Å². The molecular formula is C21H18N4O5. The Hall–Kier alpha value is -4.19. The molecule has 0 atom stereocenters. The van der Waals surface area contributed by atoms with Gasteiger partial charge >= 0.3 is 5.97 Å². The number of aromatic hydroxyl groups is 1. The third-order valence-electron chi connectivity index (χ3n) is 4.41. The molecule has 152 valence electrons. The SMILES string of the molecule is CC(C)(CNC(=O)c1nc(C#N)c2cc(Oc3cccnc3)ccc2c1O)C(=O)O. The van der Waals surface area contributed by atoms with Crippen molar-refractivity contribution < 1.29 is 24.5 Å². The lowest BCUT2D eigenvalue weighted by molar-refractivity contribution is -0.146. The molecule has 30 heavy (non-hydrogen) atoms. The molecule has 1 aromatic carbocycles. The molecular weight excluding hydrogens is 388 g/mol. The van der Waals surface area contributed by atoms with Crippen LogP contribution in [0.4, 0.5) is 0 Å². The molecule has 0 unspecified atom stereocenters. The van der Waals surface area contributed by atoms with Crippen LogP contribution < -0.4 is 10.1 Å². The zero-order valence-electron chi connectivity index (χ0n) is 16.2. The number of hydrogen-bond donors (Lipinski definition) is 3. The normalized spacial score (nSPS) is 11.0. The van der Waals surface area contributed by atoms with E-state index in [4.69, 9.17) is 9.84 Å². The number of ether oxygens (including phenoxy) is 1. The average Bonchev–Trinajstić information content (AvgIpc) is 2.73. The van der Waals surface area contributed by atoms with E-state index in [1.54, 1.807) is 24.4 Å². The Balaban J connectivity index is 1.96. The van der Waals surface area contributed by atoms with Crippen LogP contribution in [0.15, 0.2) is 42.7 Å². The molecule has 2 aromatic heterocycles. The van der Waals surface area contributed by atoms with Crippen molar-refractivity contribution in [1.29, 1.82) is 5.26 Å². The number of fused-ring (bicyclic) bond motifs is 1. The molecule has 3 N–H and O–H groups in total. The van der Waals surface area contributed by atoms with Gasteiger partial charge in [-0.2, -0.15) is 5.26 Å². The number of nitrogens with zero attached hydrogens (tertiary/aromatic N) is 3. The summed E-state index contributed by atoms with van der Waals surface area (Å²) in [6, 6.07) is 9.95. The van der Waals surface area contributed by atoms with Gasteiger partial charge in [0.2, 0.25) is 0 Å². The van der Waals surface area contributed by atoms with Crippen LogP contribution in [0.25, 0.3) is 10.8 Å². The largest absolute Gasteiger partial charge is 0.505 e. The fourth-order valence-corrected chi connectivity index (χ4v) is 2.59. The molecule has 0 radical (unpaired) electrons. The molecule has 0 saturated heterocycles. The van der Waals surface area contributed by atoms with Gasteiger partial charge in [-0.25, -0.2) is 4.98 Å². The first-order chi connectivity index (χ1) is 14.2. The van der Waals surface area contributed by atoms with Crippen LogP contribution in [-0.2, 0) is 4.79 Å². The van der Waals surface area contributed by atoms with Gasteiger partial charge in [0.25, 0.3) is 5.91 Å². The number of carboxylic acids is 1. The minimum Gasteiger partial charge on any atom is -0.505 e. The number of nitriles is 1. The summed E-state index contributed by atoms with van der Waals surface area (Å²) in [7, 11) is 0. The van der Waals surface area contributed by atoms with E-state index in [-0.39, 0.29) is 23.3 Å². The predicted octanol–water partition coefficient (Wildman–Crippen LogP) is 2.84. The minimum atomic E-state index is -1.21. The second kappa shape index (κ2) is 8.05. The van der Waals surface area contributed by atoms with Gasteiger partial charge in [-0.05, 0) is 44.2 Å². The Bertz CT molecular complexity index is 1170. The number of aliphatic carboxylic acids is 1. The number of carbonyl (C=O) groups is 2. The van der Waals surface area contributed by atoms with Crippen molar-refractivity contribution in [3.63, 3.8) is 0 Å². The van der Waals surface area contributed by atoms with Crippen molar-refractivity contribution in [2.24, 2.45) is 5.41 Å². The molecule has 9 nitrogen and oxygen atoms in total. The van der Waals surface area contributed by atoms with E-state index in [1.807, 2.05) is 6.07 Å². The molecule has 0 saturated carbocycles. The van der Waals surface area contributed by atoms with Crippen molar-refractivity contribution in [2.45, 2.75) is 13.8 Å². The zero-order valence-corrected chi connectivity index (χ0v) is 16.2. The maximum absolute atomic E-state index is 12.5. The molecule has 9 heteroatoms. The molecule has 3 rings (SSSR count). The summed E-state index contributed by atoms with van der Waals surface area (Å²) in [4.78, 5) is 31.6. The lowest BCUT2D eigenvalue weighted by Crippen LogP contribution is -2.39. The number of hydrogen-bond acceptors (Lipinski definition) is 7. The van der Waals surface area contributed by atoms with Crippen LogP contribution in [0.5, 0.6) is 17.2 Å². The summed E-state index contributed by atoms with van der Waals surface area (Å²) in [6.45, 7) is 2.72. The third kappa shape index (κ3) is 4.12. The Morgan fingerprint density at radius 2 is 2.00 bits per heavy atom. The Morgan fingerprint density at radius 1 is 1.23 bits per heavy atom. The van der Waals surface area contributed by atoms with E-state index in [2.05, 4.69) is 15.3 Å². The van der Waals surface area contributed by atoms with E-state index in [0.29, 0.717) is 16.9 Å². The van der Waals surface area contributed by atoms with Gasteiger partial charge in [0, 0.05) is 23.5 Å². The van der Waals surface area contributed by atoms with Crippen molar-refractivity contribution in [1.82, 2.24) is 15.3 Å². The maximum Gasteiger partial charge on any atom is 0.310 e. The van der Waals surface area contributed by atoms with Gasteiger partial charge in [0.1, 0.15) is 23.3 Å². The van der Waals surface area contributed by atoms with Gasteiger partial charge in [-0.3, -0.25) is 14.6 Å². The number of aromatic nitrogens is 2. The molecule has 0 aliphatic carbocycles. The first kappa shape index (κ1) is 20.5. The van der Waals surface area contributed by atoms with Crippen molar-refractivity contribution in [3.8, 4) is 23.3 Å². The summed E-state index contributed by atoms with van der Waals surface area (Å²) in [5.41, 5.74) is -1.65. The monoisotopic (exact) mass is 406 g/mol. The van der Waals surface area contributed by atoms with Crippen LogP contribution in [0.2, 0.25) is 0 Å². The first-order valence-corrected chi connectivity index (χ1v) is 8.89. The third-order valence-corrected chi connectivity index (χ3v) is 4.41. The molecule has 0 spiro atoms. The molecule has 2 heterocycles. The smallest absolute Gasteiger partial charge is 0.310 e. The molecule has 0 aliphatic rings. The second-order valence-electron chi connectivity index (χ2n) is 7.14. The summed E-state index contributed by atoms with van der Waals surface area (Å²) < 4.78 is 5.69. The average molecular weight is 406 g/mol. The van der Waals surface area contributed by atoms with Crippen LogP contribution in [0.1, 0.15) is 30.0 Å². The van der Waals surface area contributed by atoms with Crippen LogP contribution in [-0.4, -0.2) is 38.6 Å². The van der Waals surface area contributed by atoms with Gasteiger partial charge in [0.15, 0.2) is 11.4 Å². The van der Waals surface area contributed by atoms with Crippen molar-refractivity contribution in [3.05, 3.63) is 54.1 Å². The lowest BCUT2D eigenvalue weighted by atomic mass is 9.94. The summed E-state index contributed by atoms with van der Waals surface area (Å²) in [6.07, 6.45) is 3.13. The fourth-order valence-electron chi connectivity index (χ4n) is 2.59. The molecule has 0 fully saturated rings. The van der Waals surface area contributed by atoms with Crippen LogP contribution >= 0.6 is 0 Å². The molecule has 0 aliphatic heterocycles. The fraction of sp³-hybridized carbons (Fsp3) is 0.190. The van der Waals surface area contributed by atoms with Crippen molar-refractivity contribution in [2.75, 3.05) is 6.54 Å². The second-order valence-corrected chi connectivity index (χ2v) is 7.14. The number of carbonyl (C=O) groups excluding carboxylic acids is 1. The van der Waals surface area contributed by atoms with Gasteiger partial charge in [0.05, 0.1) is 11.6 Å². The molecule has 3 aromatic rings. The number of rotatable bonds is 6. The number of benzene rings is 1. The van der Waals surface area contributed by atoms with Crippen LogP contribution in [0, 0.1) is 16.7 Å². The summed E-state index contributed by atoms with van der Waals surface area (Å²) >= 11 is 0. The predicted molar refractivity (Wildman–Crippen MR) is 106 cm³/mol. The Morgan fingerprint density at radius 3 is 2.63 bits per heavy atom. The van der Waals surface area contributed by atoms with Gasteiger partial charge < -0.3 is 20.3 Å². The van der Waals surface area contributed by atoms with E-state index >= 15 is 0 Å². The van der Waals surface area contributed by atoms with E-state index in [0.717, 1.165) is 0 Å². The van der Waals surface area contributed by atoms with E-state index in [1.165, 1.54) is 32.2 Å². The number of carboxylic acid groups (broad SMARTS) is 1.